The van der Waals surface area contributed by atoms with Gasteiger partial charge in [-0.05, 0) is 112 Å². The first-order valence-corrected chi connectivity index (χ1v) is 33.2. The fraction of sp³-hybridized carbons (Fsp3) is 0.253. The molecule has 93 heavy (non-hydrogen) atoms. The average Bonchev–Trinajstić information content (AvgIpc) is 0.808. The Balaban J connectivity index is 0.000000167. The van der Waals surface area contributed by atoms with Crippen molar-refractivity contribution in [2.24, 2.45) is 0 Å². The quantitative estimate of drug-likeness (QED) is 0.0260. The van der Waals surface area contributed by atoms with E-state index in [0.717, 1.165) is 92.1 Å². The molecule has 0 aliphatic heterocycles. The predicted octanol–water partition coefficient (Wildman–Crippen LogP) is 22.4. The van der Waals surface area contributed by atoms with Gasteiger partial charge in [-0.25, -0.2) is 4.79 Å². The molecule has 6 heterocycles. The zero-order valence-corrected chi connectivity index (χ0v) is 55.8. The SMILES string of the molecule is CCCCCCCCCCCCCCCCCOC(=O)NCCCCc1ccnc2c1ccc1cccnc12.[CH3-].[Ru+].c1ccc(-c2ccnc3c2ccc2c(-c4ccccc4)ccnc23)cc1.c1ccc(-c2ccnc3c2ccc2c(-c4ccccc4)ccnc23)cc1. The monoisotopic (exact) mass is 1310 g/mol. The number of ether oxygens (including phenoxy) is 1. The minimum absolute atomic E-state index is 0. The maximum Gasteiger partial charge on any atom is 1.00 e. The normalized spacial score (nSPS) is 10.9. The molecule has 0 saturated heterocycles. The molecule has 0 aliphatic rings. The van der Waals surface area contributed by atoms with Crippen LogP contribution in [-0.4, -0.2) is 49.1 Å². The predicted molar refractivity (Wildman–Crippen MR) is 387 cm³/mol. The second-order valence-electron chi connectivity index (χ2n) is 23.6. The third-order valence-corrected chi connectivity index (χ3v) is 17.3. The smallest absolute Gasteiger partial charge is 0.450 e. The molecule has 1 radical (unpaired) electrons. The Kier molecular flexibility index (Phi) is 26.6. The number of aryl methyl sites for hydroxylation is 1. The number of fused-ring (bicyclic) bond motifs is 9. The van der Waals surface area contributed by atoms with Crippen LogP contribution in [0.1, 0.15) is 122 Å². The van der Waals surface area contributed by atoms with E-state index in [1.54, 1.807) is 0 Å². The number of aromatic nitrogens is 6. The first-order valence-electron chi connectivity index (χ1n) is 33.2. The van der Waals surface area contributed by atoms with Gasteiger partial charge in [-0.2, -0.15) is 0 Å². The summed E-state index contributed by atoms with van der Waals surface area (Å²) in [6.45, 7) is 3.45. The van der Waals surface area contributed by atoms with Crippen LogP contribution in [0.3, 0.4) is 0 Å². The van der Waals surface area contributed by atoms with Gasteiger partial charge < -0.3 is 17.5 Å². The zero-order chi connectivity index (χ0) is 62.1. The Labute approximate surface area is 562 Å². The Morgan fingerprint density at radius 1 is 0.333 bits per heavy atom. The Morgan fingerprint density at radius 2 is 0.677 bits per heavy atom. The zero-order valence-electron chi connectivity index (χ0n) is 54.0. The molecule has 0 atom stereocenters. The summed E-state index contributed by atoms with van der Waals surface area (Å²) in [5.41, 5.74) is 16.5. The van der Waals surface area contributed by atoms with Crippen molar-refractivity contribution < 1.29 is 29.0 Å². The number of benzene rings is 7. The van der Waals surface area contributed by atoms with Crippen molar-refractivity contribution in [2.75, 3.05) is 13.2 Å². The fourth-order valence-corrected chi connectivity index (χ4v) is 12.5. The van der Waals surface area contributed by atoms with Gasteiger partial charge in [0, 0.05) is 76.0 Å². The Hall–Kier alpha value is -9.11. The molecule has 473 valence electrons. The van der Waals surface area contributed by atoms with Gasteiger partial charge in [-0.3, -0.25) is 29.9 Å². The van der Waals surface area contributed by atoms with E-state index in [0.29, 0.717) is 13.2 Å². The molecule has 0 fully saturated rings. The number of pyridine rings is 6. The number of amides is 1. The largest absolute Gasteiger partial charge is 1.00 e. The standard InChI is InChI=1S/C34H51N3O2.2C24H16N2.CH3.Ru/c1-2-3-4-5-6-7-8-9-10-11-12-13-14-15-18-28-39-34(38)37-25-17-16-20-29-24-27-36-33-31(29)23-22-30-21-19-26-35-32(30)33;2*1-3-7-17(8-4-1)19-13-15-25-23-21(19)11-12-22-20(14-16-26-24(22)23)18-9-5-2-6-10-18;;/h19,21-24,26-27H,2-18,20,25,28H2,1H3,(H,37,38);2*1-16H;1H3;/q;;;-1;+1. The molecule has 7 aromatic carbocycles. The molecule has 0 spiro atoms. The van der Waals surface area contributed by atoms with Gasteiger partial charge in [0.2, 0.25) is 0 Å². The summed E-state index contributed by atoms with van der Waals surface area (Å²) >= 11 is 0. The molecule has 1 amide bonds. The van der Waals surface area contributed by atoms with Crippen LogP contribution in [0.25, 0.3) is 110 Å². The minimum atomic E-state index is -0.285. The Morgan fingerprint density at radius 3 is 1.08 bits per heavy atom. The van der Waals surface area contributed by atoms with Gasteiger partial charge in [0.1, 0.15) is 0 Å². The minimum Gasteiger partial charge on any atom is -0.450 e. The molecule has 0 saturated carbocycles. The van der Waals surface area contributed by atoms with Crippen molar-refractivity contribution in [1.29, 1.82) is 0 Å². The molecule has 13 rings (SSSR count). The van der Waals surface area contributed by atoms with Gasteiger partial charge in [-0.15, -0.1) is 0 Å². The number of rotatable bonds is 25. The van der Waals surface area contributed by atoms with Gasteiger partial charge in [0.15, 0.2) is 0 Å². The van der Waals surface area contributed by atoms with E-state index < -0.39 is 0 Å². The van der Waals surface area contributed by atoms with Crippen LogP contribution < -0.4 is 5.32 Å². The number of carbonyl (C=O) groups excluding carboxylic acids is 1. The van der Waals surface area contributed by atoms with Crippen molar-refractivity contribution in [1.82, 2.24) is 35.2 Å². The fourth-order valence-electron chi connectivity index (χ4n) is 12.5. The molecule has 1 N–H and O–H groups in total. The van der Waals surface area contributed by atoms with E-state index in [2.05, 4.69) is 212 Å². The number of carbonyl (C=O) groups is 1. The summed E-state index contributed by atoms with van der Waals surface area (Å²) in [5.74, 6) is 0. The van der Waals surface area contributed by atoms with Crippen LogP contribution in [0.5, 0.6) is 0 Å². The summed E-state index contributed by atoms with van der Waals surface area (Å²) in [7, 11) is 0. The van der Waals surface area contributed by atoms with Crippen LogP contribution in [0.15, 0.2) is 237 Å². The Bertz CT molecular complexity index is 4030. The van der Waals surface area contributed by atoms with E-state index in [4.69, 9.17) is 4.74 Å². The van der Waals surface area contributed by atoms with E-state index in [9.17, 15) is 4.79 Å². The average molecular weight is 1310 g/mol. The number of alkyl carbamates (subject to hydrolysis) is 1. The van der Waals surface area contributed by atoms with Gasteiger partial charge in [-0.1, -0.05) is 261 Å². The van der Waals surface area contributed by atoms with E-state index >= 15 is 0 Å². The van der Waals surface area contributed by atoms with Crippen molar-refractivity contribution in [3.63, 3.8) is 0 Å². The molecule has 6 aromatic heterocycles. The summed E-state index contributed by atoms with van der Waals surface area (Å²) in [4.78, 5) is 39.8. The molecule has 0 aliphatic carbocycles. The van der Waals surface area contributed by atoms with E-state index in [1.807, 2.05) is 67.5 Å². The van der Waals surface area contributed by atoms with Crippen molar-refractivity contribution in [3.8, 4) is 44.5 Å². The number of unbranched alkanes of at least 4 members (excludes halogenated alkanes) is 15. The van der Waals surface area contributed by atoms with Crippen LogP contribution in [0.2, 0.25) is 0 Å². The van der Waals surface area contributed by atoms with Crippen molar-refractivity contribution >= 4 is 71.5 Å². The molecule has 0 unspecified atom stereocenters. The summed E-state index contributed by atoms with van der Waals surface area (Å²) in [6, 6.07) is 69.1. The second-order valence-corrected chi connectivity index (χ2v) is 23.6. The number of hydrogen-bond donors (Lipinski definition) is 1. The third kappa shape index (κ3) is 18.1. The maximum absolute atomic E-state index is 12.0. The first kappa shape index (κ1) is 68.3. The van der Waals surface area contributed by atoms with Crippen LogP contribution in [0, 0.1) is 7.43 Å². The summed E-state index contributed by atoms with van der Waals surface area (Å²) in [5, 5.41) is 9.69. The van der Waals surface area contributed by atoms with Gasteiger partial charge in [0.05, 0.1) is 39.7 Å². The van der Waals surface area contributed by atoms with Gasteiger partial charge in [0.25, 0.3) is 0 Å². The van der Waals surface area contributed by atoms with Crippen molar-refractivity contribution in [2.45, 2.75) is 122 Å². The second kappa shape index (κ2) is 36.2. The van der Waals surface area contributed by atoms with Crippen molar-refractivity contribution in [3.05, 3.63) is 250 Å². The van der Waals surface area contributed by atoms with Crippen LogP contribution in [0.4, 0.5) is 4.79 Å². The molecular formula is C83H86N7O2Ru. The summed E-state index contributed by atoms with van der Waals surface area (Å²) in [6.07, 6.45) is 33.9. The summed E-state index contributed by atoms with van der Waals surface area (Å²) < 4.78 is 5.35. The molecule has 13 aromatic rings. The molecular weight excluding hydrogens is 1230 g/mol. The van der Waals surface area contributed by atoms with Gasteiger partial charge >= 0.3 is 25.6 Å². The molecule has 10 heteroatoms. The molecule has 0 bridgehead atoms. The third-order valence-electron chi connectivity index (χ3n) is 17.3. The number of hydrogen-bond acceptors (Lipinski definition) is 8. The van der Waals surface area contributed by atoms with E-state index in [1.165, 1.54) is 139 Å². The maximum atomic E-state index is 12.0. The van der Waals surface area contributed by atoms with E-state index in [-0.39, 0.29) is 33.0 Å². The first-order chi connectivity index (χ1) is 45.1. The van der Waals surface area contributed by atoms with Crippen LogP contribution >= 0.6 is 0 Å². The van der Waals surface area contributed by atoms with Crippen LogP contribution in [-0.2, 0) is 30.6 Å². The number of nitrogens with one attached hydrogen (secondary N) is 1. The molecule has 9 nitrogen and oxygen atoms in total. The number of nitrogens with zero attached hydrogens (tertiary/aromatic N) is 6. The topological polar surface area (TPSA) is 116 Å².